The summed E-state index contributed by atoms with van der Waals surface area (Å²) in [5, 5.41) is 4.31. The van der Waals surface area contributed by atoms with Gasteiger partial charge in [-0.05, 0) is 28.8 Å². The Labute approximate surface area is 68.0 Å². The molecule has 0 aromatic carbocycles. The third kappa shape index (κ3) is 2.50. The minimum atomic E-state index is 0.604. The highest BCUT2D eigenvalue weighted by molar-refractivity contribution is 9.09. The van der Waals surface area contributed by atoms with Crippen LogP contribution >= 0.6 is 27.3 Å². The van der Waals surface area contributed by atoms with Gasteiger partial charge >= 0.3 is 0 Å². The molecule has 0 saturated carbocycles. The van der Waals surface area contributed by atoms with E-state index in [9.17, 15) is 0 Å². The van der Waals surface area contributed by atoms with Crippen molar-refractivity contribution in [2.45, 2.75) is 18.2 Å². The monoisotopic (exact) mass is 204 g/mol. The third-order valence-corrected chi connectivity index (χ3v) is 2.15. The van der Waals surface area contributed by atoms with E-state index in [0.29, 0.717) is 4.83 Å². The van der Waals surface area contributed by atoms with E-state index in [-0.39, 0.29) is 0 Å². The zero-order valence-electron chi connectivity index (χ0n) is 5.30. The van der Waals surface area contributed by atoms with Gasteiger partial charge in [-0.3, -0.25) is 0 Å². The van der Waals surface area contributed by atoms with E-state index in [1.807, 2.05) is 0 Å². The predicted molar refractivity (Wildman–Crippen MR) is 46.4 cm³/mol. The van der Waals surface area contributed by atoms with Crippen LogP contribution in [0.4, 0.5) is 0 Å². The molecule has 0 N–H and O–H groups in total. The highest BCUT2D eigenvalue weighted by atomic mass is 79.9. The van der Waals surface area contributed by atoms with Crippen molar-refractivity contribution in [3.05, 3.63) is 22.4 Å². The first kappa shape index (κ1) is 7.29. The maximum Gasteiger partial charge on any atom is 0.0158 e. The lowest BCUT2D eigenvalue weighted by molar-refractivity contribution is 0.965. The molecule has 0 fully saturated rings. The van der Waals surface area contributed by atoms with Gasteiger partial charge in [0.25, 0.3) is 0 Å². The molecule has 0 aliphatic heterocycles. The Balaban J connectivity index is 2.48. The first-order chi connectivity index (χ1) is 4.29. The smallest absolute Gasteiger partial charge is 0.0158 e. The Morgan fingerprint density at radius 1 is 1.78 bits per heavy atom. The van der Waals surface area contributed by atoms with Gasteiger partial charge in [-0.2, -0.15) is 11.3 Å². The first-order valence-corrected chi connectivity index (χ1v) is 4.80. The molecule has 1 rings (SSSR count). The zero-order chi connectivity index (χ0) is 6.69. The molecule has 1 aromatic rings. The fourth-order valence-corrected chi connectivity index (χ4v) is 1.79. The summed E-state index contributed by atoms with van der Waals surface area (Å²) in [6.07, 6.45) is 1.14. The van der Waals surface area contributed by atoms with Crippen LogP contribution in [0.5, 0.6) is 0 Å². The van der Waals surface area contributed by atoms with Crippen molar-refractivity contribution in [2.24, 2.45) is 0 Å². The Morgan fingerprint density at radius 3 is 3.00 bits per heavy atom. The number of thiophene rings is 1. The van der Waals surface area contributed by atoms with E-state index in [1.165, 1.54) is 5.56 Å². The maximum atomic E-state index is 3.50. The molecule has 0 nitrogen and oxygen atoms in total. The van der Waals surface area contributed by atoms with Crippen molar-refractivity contribution in [1.82, 2.24) is 0 Å². The van der Waals surface area contributed by atoms with Gasteiger partial charge in [-0.25, -0.2) is 0 Å². The molecule has 0 amide bonds. The molecule has 50 valence electrons. The van der Waals surface area contributed by atoms with Gasteiger partial charge in [0.1, 0.15) is 0 Å². The van der Waals surface area contributed by atoms with Gasteiger partial charge in [0, 0.05) is 4.83 Å². The van der Waals surface area contributed by atoms with E-state index in [0.717, 1.165) is 6.42 Å². The normalized spacial score (nSPS) is 13.6. The minimum Gasteiger partial charge on any atom is -0.152 e. The number of rotatable bonds is 2. The summed E-state index contributed by atoms with van der Waals surface area (Å²) in [5.74, 6) is 0. The standard InChI is InChI=1S/C7H9BrS/c1-6(8)4-7-2-3-9-5-7/h2-3,5-6H,4H2,1H3. The summed E-state index contributed by atoms with van der Waals surface area (Å²) in [7, 11) is 0. The highest BCUT2D eigenvalue weighted by Crippen LogP contribution is 2.11. The quantitative estimate of drug-likeness (QED) is 0.651. The summed E-state index contributed by atoms with van der Waals surface area (Å²) >= 11 is 5.26. The lowest BCUT2D eigenvalue weighted by atomic mass is 10.2. The second-order valence-corrected chi connectivity index (χ2v) is 4.46. The average Bonchev–Trinajstić information content (AvgIpc) is 2.15. The molecule has 1 heterocycles. The third-order valence-electron chi connectivity index (χ3n) is 1.10. The molecule has 2 heteroatoms. The van der Waals surface area contributed by atoms with Crippen LogP contribution in [0.2, 0.25) is 0 Å². The molecule has 1 unspecified atom stereocenters. The molecule has 9 heavy (non-hydrogen) atoms. The summed E-state index contributed by atoms with van der Waals surface area (Å²) < 4.78 is 0. The van der Waals surface area contributed by atoms with E-state index >= 15 is 0 Å². The summed E-state index contributed by atoms with van der Waals surface area (Å²) in [5.41, 5.74) is 1.43. The van der Waals surface area contributed by atoms with Crippen LogP contribution in [0, 0.1) is 0 Å². The number of halogens is 1. The van der Waals surface area contributed by atoms with Crippen LogP contribution in [0.15, 0.2) is 16.8 Å². The summed E-state index contributed by atoms with van der Waals surface area (Å²) in [6, 6.07) is 2.17. The predicted octanol–water partition coefficient (Wildman–Crippen LogP) is 3.07. The van der Waals surface area contributed by atoms with Gasteiger partial charge in [0.05, 0.1) is 0 Å². The number of alkyl halides is 1. The molecule has 0 aliphatic rings. The lowest BCUT2D eigenvalue weighted by Gasteiger charge is -1.97. The molecular weight excluding hydrogens is 196 g/mol. The maximum absolute atomic E-state index is 3.50. The Morgan fingerprint density at radius 2 is 2.56 bits per heavy atom. The van der Waals surface area contributed by atoms with Gasteiger partial charge in [0.15, 0.2) is 0 Å². The van der Waals surface area contributed by atoms with E-state index in [4.69, 9.17) is 0 Å². The first-order valence-electron chi connectivity index (χ1n) is 2.94. The van der Waals surface area contributed by atoms with Crippen molar-refractivity contribution in [1.29, 1.82) is 0 Å². The Bertz CT molecular complexity index is 155. The number of hydrogen-bond donors (Lipinski definition) is 0. The summed E-state index contributed by atoms with van der Waals surface area (Å²) in [4.78, 5) is 0.604. The zero-order valence-corrected chi connectivity index (χ0v) is 7.71. The van der Waals surface area contributed by atoms with E-state index < -0.39 is 0 Å². The van der Waals surface area contributed by atoms with Crippen molar-refractivity contribution in [2.75, 3.05) is 0 Å². The van der Waals surface area contributed by atoms with Crippen LogP contribution in [0.25, 0.3) is 0 Å². The highest BCUT2D eigenvalue weighted by Gasteiger charge is 1.96. The Kier molecular flexibility index (Phi) is 2.73. The van der Waals surface area contributed by atoms with E-state index in [2.05, 4.69) is 39.7 Å². The largest absolute Gasteiger partial charge is 0.152 e. The molecular formula is C7H9BrS. The fraction of sp³-hybridized carbons (Fsp3) is 0.429. The molecule has 0 aliphatic carbocycles. The second kappa shape index (κ2) is 3.37. The Hall–Kier alpha value is 0.180. The fourth-order valence-electron chi connectivity index (χ4n) is 0.734. The molecule has 0 bridgehead atoms. The van der Waals surface area contributed by atoms with Crippen LogP contribution < -0.4 is 0 Å². The van der Waals surface area contributed by atoms with Crippen LogP contribution in [0.1, 0.15) is 12.5 Å². The second-order valence-electron chi connectivity index (χ2n) is 2.12. The van der Waals surface area contributed by atoms with Gasteiger partial charge in [-0.15, -0.1) is 0 Å². The molecule has 0 spiro atoms. The summed E-state index contributed by atoms with van der Waals surface area (Å²) in [6.45, 7) is 2.16. The lowest BCUT2D eigenvalue weighted by Crippen LogP contribution is -1.93. The van der Waals surface area contributed by atoms with Gasteiger partial charge in [0.2, 0.25) is 0 Å². The van der Waals surface area contributed by atoms with E-state index in [1.54, 1.807) is 11.3 Å². The van der Waals surface area contributed by atoms with Crippen molar-refractivity contribution >= 4 is 27.3 Å². The molecule has 0 radical (unpaired) electrons. The van der Waals surface area contributed by atoms with Crippen LogP contribution in [-0.2, 0) is 6.42 Å². The van der Waals surface area contributed by atoms with Crippen LogP contribution in [-0.4, -0.2) is 4.83 Å². The van der Waals surface area contributed by atoms with Crippen molar-refractivity contribution < 1.29 is 0 Å². The van der Waals surface area contributed by atoms with Crippen LogP contribution in [0.3, 0.4) is 0 Å². The minimum absolute atomic E-state index is 0.604. The molecule has 1 aromatic heterocycles. The van der Waals surface area contributed by atoms with Gasteiger partial charge < -0.3 is 0 Å². The topological polar surface area (TPSA) is 0 Å². The van der Waals surface area contributed by atoms with Crippen molar-refractivity contribution in [3.8, 4) is 0 Å². The van der Waals surface area contributed by atoms with Crippen molar-refractivity contribution in [3.63, 3.8) is 0 Å². The number of hydrogen-bond acceptors (Lipinski definition) is 1. The average molecular weight is 205 g/mol. The SMILES string of the molecule is CC(Br)Cc1ccsc1. The molecule has 0 saturated heterocycles. The molecule has 1 atom stereocenters. The van der Waals surface area contributed by atoms with Gasteiger partial charge in [-0.1, -0.05) is 22.9 Å².